The zero-order chi connectivity index (χ0) is 15.4. The van der Waals surface area contributed by atoms with Gasteiger partial charge < -0.3 is 24.8 Å². The molecule has 0 atom stereocenters. The van der Waals surface area contributed by atoms with E-state index < -0.39 is 5.97 Å². The molecule has 6 heteroatoms. The highest BCUT2D eigenvalue weighted by Gasteiger charge is 2.13. The first-order chi connectivity index (χ1) is 10.0. The molecule has 0 amide bonds. The molecular weight excluding hydrogens is 276 g/mol. The molecule has 2 aromatic rings. The van der Waals surface area contributed by atoms with Gasteiger partial charge >= 0.3 is 5.97 Å². The molecule has 0 fully saturated rings. The monoisotopic (exact) mass is 290 g/mol. The lowest BCUT2D eigenvalue weighted by atomic mass is 10.2. The Labute approximate surface area is 120 Å². The Balaban J connectivity index is 2.17. The lowest BCUT2D eigenvalue weighted by Gasteiger charge is -2.10. The SMILES string of the molecule is COC(=O)c1cc(OCc2cc(O)ccc2O)ccc1O. The van der Waals surface area contributed by atoms with Crippen LogP contribution in [-0.2, 0) is 11.3 Å². The second-order valence-electron chi connectivity index (χ2n) is 4.27. The summed E-state index contributed by atoms with van der Waals surface area (Å²) in [6.45, 7) is -0.00831. The number of rotatable bonds is 4. The van der Waals surface area contributed by atoms with E-state index >= 15 is 0 Å². The van der Waals surface area contributed by atoms with Crippen molar-refractivity contribution in [3.8, 4) is 23.0 Å². The smallest absolute Gasteiger partial charge is 0.341 e. The predicted molar refractivity (Wildman–Crippen MR) is 73.5 cm³/mol. The fraction of sp³-hybridized carbons (Fsp3) is 0.133. The Bertz CT molecular complexity index is 665. The van der Waals surface area contributed by atoms with E-state index in [1.807, 2.05) is 0 Å². The van der Waals surface area contributed by atoms with Crippen LogP contribution in [0.15, 0.2) is 36.4 Å². The van der Waals surface area contributed by atoms with Crippen LogP contribution in [0.5, 0.6) is 23.0 Å². The Morgan fingerprint density at radius 2 is 1.76 bits per heavy atom. The van der Waals surface area contributed by atoms with E-state index in [4.69, 9.17) is 4.74 Å². The third-order valence-electron chi connectivity index (χ3n) is 2.83. The van der Waals surface area contributed by atoms with Gasteiger partial charge in [-0.1, -0.05) is 0 Å². The van der Waals surface area contributed by atoms with Gasteiger partial charge in [-0.3, -0.25) is 0 Å². The highest BCUT2D eigenvalue weighted by molar-refractivity contribution is 5.92. The van der Waals surface area contributed by atoms with Crippen molar-refractivity contribution in [2.45, 2.75) is 6.61 Å². The van der Waals surface area contributed by atoms with Gasteiger partial charge in [0.1, 0.15) is 35.2 Å². The van der Waals surface area contributed by atoms with Gasteiger partial charge in [-0.25, -0.2) is 4.79 Å². The van der Waals surface area contributed by atoms with Crippen LogP contribution in [0.1, 0.15) is 15.9 Å². The van der Waals surface area contributed by atoms with Crippen LogP contribution < -0.4 is 4.74 Å². The van der Waals surface area contributed by atoms with Gasteiger partial charge in [0, 0.05) is 5.56 Å². The van der Waals surface area contributed by atoms with Gasteiger partial charge in [0.25, 0.3) is 0 Å². The van der Waals surface area contributed by atoms with Crippen molar-refractivity contribution < 1.29 is 29.6 Å². The normalized spacial score (nSPS) is 10.1. The second-order valence-corrected chi connectivity index (χ2v) is 4.27. The predicted octanol–water partition coefficient (Wildman–Crippen LogP) is 2.17. The van der Waals surface area contributed by atoms with E-state index in [0.717, 1.165) is 0 Å². The van der Waals surface area contributed by atoms with Crippen molar-refractivity contribution >= 4 is 5.97 Å². The summed E-state index contributed by atoms with van der Waals surface area (Å²) >= 11 is 0. The van der Waals surface area contributed by atoms with Gasteiger partial charge in [0.15, 0.2) is 0 Å². The van der Waals surface area contributed by atoms with Crippen molar-refractivity contribution in [2.75, 3.05) is 7.11 Å². The molecule has 0 aliphatic heterocycles. The molecule has 0 unspecified atom stereocenters. The number of hydrogen-bond acceptors (Lipinski definition) is 6. The first-order valence-corrected chi connectivity index (χ1v) is 6.06. The first kappa shape index (κ1) is 14.5. The molecule has 110 valence electrons. The summed E-state index contributed by atoms with van der Waals surface area (Å²) in [5, 5.41) is 28.6. The lowest BCUT2D eigenvalue weighted by molar-refractivity contribution is 0.0597. The number of benzene rings is 2. The number of methoxy groups -OCH3 is 1. The Hall–Kier alpha value is -2.89. The van der Waals surface area contributed by atoms with Crippen LogP contribution in [0.3, 0.4) is 0 Å². The Kier molecular flexibility index (Phi) is 4.18. The zero-order valence-corrected chi connectivity index (χ0v) is 11.2. The summed E-state index contributed by atoms with van der Waals surface area (Å²) in [6.07, 6.45) is 0. The molecule has 6 nitrogen and oxygen atoms in total. The fourth-order valence-electron chi connectivity index (χ4n) is 1.73. The minimum atomic E-state index is -0.682. The van der Waals surface area contributed by atoms with Crippen LogP contribution in [0.4, 0.5) is 0 Å². The molecule has 3 N–H and O–H groups in total. The topological polar surface area (TPSA) is 96.2 Å². The Morgan fingerprint density at radius 1 is 1.05 bits per heavy atom. The second kappa shape index (κ2) is 6.04. The standard InChI is InChI=1S/C15H14O6/c1-20-15(19)12-7-11(3-5-14(12)18)21-8-9-6-10(16)2-4-13(9)17/h2-7,16-18H,8H2,1H3. The molecule has 0 aliphatic carbocycles. The maximum absolute atomic E-state index is 11.4. The summed E-state index contributed by atoms with van der Waals surface area (Å²) in [4.78, 5) is 11.4. The molecule has 0 heterocycles. The number of esters is 1. The van der Waals surface area contributed by atoms with E-state index in [0.29, 0.717) is 11.3 Å². The molecule has 0 spiro atoms. The molecule has 0 aliphatic rings. The molecule has 0 bridgehead atoms. The number of phenolic OH excluding ortho intramolecular Hbond substituents is 3. The quantitative estimate of drug-likeness (QED) is 0.590. The van der Waals surface area contributed by atoms with Crippen LogP contribution in [0, 0.1) is 0 Å². The van der Waals surface area contributed by atoms with Crippen LogP contribution in [0.25, 0.3) is 0 Å². The minimum absolute atomic E-state index is 0.00681. The number of phenols is 3. The maximum atomic E-state index is 11.4. The van der Waals surface area contributed by atoms with Gasteiger partial charge in [0.2, 0.25) is 0 Å². The lowest BCUT2D eigenvalue weighted by Crippen LogP contribution is -2.03. The number of aromatic hydroxyl groups is 3. The van der Waals surface area contributed by atoms with Gasteiger partial charge in [0.05, 0.1) is 7.11 Å². The summed E-state index contributed by atoms with van der Waals surface area (Å²) in [5.41, 5.74) is 0.373. The highest BCUT2D eigenvalue weighted by Crippen LogP contribution is 2.27. The summed E-state index contributed by atoms with van der Waals surface area (Å²) < 4.78 is 9.97. The molecule has 21 heavy (non-hydrogen) atoms. The third-order valence-corrected chi connectivity index (χ3v) is 2.83. The van der Waals surface area contributed by atoms with Gasteiger partial charge in [-0.05, 0) is 36.4 Å². The van der Waals surface area contributed by atoms with E-state index in [2.05, 4.69) is 4.74 Å². The van der Waals surface area contributed by atoms with Crippen molar-refractivity contribution in [3.05, 3.63) is 47.5 Å². The number of ether oxygens (including phenoxy) is 2. The average Bonchev–Trinajstić information content (AvgIpc) is 2.48. The Morgan fingerprint density at radius 3 is 2.48 bits per heavy atom. The summed E-state index contributed by atoms with van der Waals surface area (Å²) in [5.74, 6) is -0.587. The number of hydrogen-bond donors (Lipinski definition) is 3. The third kappa shape index (κ3) is 3.36. The molecule has 2 aromatic carbocycles. The zero-order valence-electron chi connectivity index (χ0n) is 11.2. The molecule has 0 saturated heterocycles. The average molecular weight is 290 g/mol. The fourth-order valence-corrected chi connectivity index (χ4v) is 1.73. The van der Waals surface area contributed by atoms with Gasteiger partial charge in [-0.15, -0.1) is 0 Å². The number of carbonyl (C=O) groups excluding carboxylic acids is 1. The minimum Gasteiger partial charge on any atom is -0.508 e. The maximum Gasteiger partial charge on any atom is 0.341 e. The molecule has 2 rings (SSSR count). The van der Waals surface area contributed by atoms with Crippen molar-refractivity contribution in [2.24, 2.45) is 0 Å². The molecule has 0 aromatic heterocycles. The molecule has 0 saturated carbocycles. The van der Waals surface area contributed by atoms with Crippen LogP contribution in [0.2, 0.25) is 0 Å². The van der Waals surface area contributed by atoms with Gasteiger partial charge in [-0.2, -0.15) is 0 Å². The van der Waals surface area contributed by atoms with Crippen LogP contribution >= 0.6 is 0 Å². The van der Waals surface area contributed by atoms with Crippen LogP contribution in [-0.4, -0.2) is 28.4 Å². The molecular formula is C15H14O6. The summed E-state index contributed by atoms with van der Waals surface area (Å²) in [6, 6.07) is 8.20. The summed E-state index contributed by atoms with van der Waals surface area (Å²) in [7, 11) is 1.21. The van der Waals surface area contributed by atoms with E-state index in [1.165, 1.54) is 43.5 Å². The number of carbonyl (C=O) groups is 1. The van der Waals surface area contributed by atoms with E-state index in [9.17, 15) is 20.1 Å². The largest absolute Gasteiger partial charge is 0.508 e. The highest BCUT2D eigenvalue weighted by atomic mass is 16.5. The van der Waals surface area contributed by atoms with Crippen molar-refractivity contribution in [1.29, 1.82) is 0 Å². The van der Waals surface area contributed by atoms with Crippen molar-refractivity contribution in [1.82, 2.24) is 0 Å². The molecule has 0 radical (unpaired) electrons. The van der Waals surface area contributed by atoms with E-state index in [-0.39, 0.29) is 29.4 Å². The van der Waals surface area contributed by atoms with Crippen molar-refractivity contribution in [3.63, 3.8) is 0 Å². The first-order valence-electron chi connectivity index (χ1n) is 6.06. The van der Waals surface area contributed by atoms with E-state index in [1.54, 1.807) is 0 Å².